The number of nitrogen functional groups attached to an aromatic ring is 1. The van der Waals surface area contributed by atoms with E-state index in [1.54, 1.807) is 53.4 Å². The molecular weight excluding hydrogens is 501 g/mol. The van der Waals surface area contributed by atoms with Crippen LogP contribution < -0.4 is 15.4 Å². The summed E-state index contributed by atoms with van der Waals surface area (Å²) in [5, 5.41) is 20.0. The lowest BCUT2D eigenvalue weighted by Crippen LogP contribution is -2.24. The normalized spacial score (nSPS) is 15.3. The number of halogens is 2. The van der Waals surface area contributed by atoms with Gasteiger partial charge in [0.2, 0.25) is 5.91 Å². The number of amides is 1. The summed E-state index contributed by atoms with van der Waals surface area (Å²) in [4.78, 5) is 23.0. The molecule has 0 saturated carbocycles. The van der Waals surface area contributed by atoms with E-state index in [2.05, 4.69) is 16.0 Å². The van der Waals surface area contributed by atoms with Gasteiger partial charge >= 0.3 is 0 Å². The number of aromatic nitrogens is 2. The number of benzene rings is 3. The fraction of sp³-hybridized carbons (Fsp3) is 0.154. The molecule has 1 aliphatic heterocycles. The highest BCUT2D eigenvalue weighted by atomic mass is 35.5. The molecule has 4 aromatic rings. The van der Waals surface area contributed by atoms with Gasteiger partial charge in [-0.15, -0.1) is 0 Å². The van der Waals surface area contributed by atoms with E-state index in [-0.39, 0.29) is 41.4 Å². The minimum atomic E-state index is -0.310. The molecule has 1 amide bonds. The average molecular weight is 520 g/mol. The minimum absolute atomic E-state index is 0.0406. The number of carbonyl (C=O) groups is 1. The zero-order chi connectivity index (χ0) is 25.4. The van der Waals surface area contributed by atoms with Crippen molar-refractivity contribution in [2.75, 3.05) is 17.2 Å². The lowest BCUT2D eigenvalue weighted by atomic mass is 9.98. The average Bonchev–Trinajstić information content (AvgIpc) is 3.27. The fourth-order valence-corrected chi connectivity index (χ4v) is 4.64. The van der Waals surface area contributed by atoms with Crippen LogP contribution >= 0.6 is 23.2 Å². The van der Waals surface area contributed by atoms with Gasteiger partial charge in [0.15, 0.2) is 11.6 Å². The van der Waals surface area contributed by atoms with Crippen molar-refractivity contribution < 1.29 is 14.6 Å². The Bertz CT molecular complexity index is 1550. The van der Waals surface area contributed by atoms with E-state index in [9.17, 15) is 15.2 Å². The van der Waals surface area contributed by atoms with Crippen LogP contribution in [0.4, 0.5) is 11.5 Å². The highest BCUT2D eigenvalue weighted by molar-refractivity contribution is 6.33. The summed E-state index contributed by atoms with van der Waals surface area (Å²) in [6, 6.07) is 17.7. The van der Waals surface area contributed by atoms with Crippen LogP contribution in [0.1, 0.15) is 29.3 Å². The number of rotatable bonds is 5. The van der Waals surface area contributed by atoms with Crippen LogP contribution in [0.15, 0.2) is 54.6 Å². The van der Waals surface area contributed by atoms with E-state index in [4.69, 9.17) is 33.7 Å². The summed E-state index contributed by atoms with van der Waals surface area (Å²) < 4.78 is 5.95. The zero-order valence-corrected chi connectivity index (χ0v) is 20.3. The number of nitriles is 1. The number of para-hydroxylation sites is 1. The van der Waals surface area contributed by atoms with Gasteiger partial charge in [-0.25, -0.2) is 9.97 Å². The molecule has 2 heterocycles. The summed E-state index contributed by atoms with van der Waals surface area (Å²) in [6.07, 6.45) is 0.296. The van der Waals surface area contributed by atoms with Gasteiger partial charge in [-0.05, 0) is 48.0 Å². The maximum absolute atomic E-state index is 13.0. The Morgan fingerprint density at radius 2 is 1.97 bits per heavy atom. The van der Waals surface area contributed by atoms with Gasteiger partial charge in [0.1, 0.15) is 24.2 Å². The highest BCUT2D eigenvalue weighted by Crippen LogP contribution is 2.40. The molecule has 180 valence electrons. The second kappa shape index (κ2) is 9.63. The van der Waals surface area contributed by atoms with E-state index < -0.39 is 0 Å². The van der Waals surface area contributed by atoms with Crippen LogP contribution in [0.5, 0.6) is 11.5 Å². The molecule has 3 aromatic carbocycles. The summed E-state index contributed by atoms with van der Waals surface area (Å²) >= 11 is 12.6. The van der Waals surface area contributed by atoms with Gasteiger partial charge in [0.25, 0.3) is 0 Å². The topological polar surface area (TPSA) is 125 Å². The van der Waals surface area contributed by atoms with Crippen molar-refractivity contribution in [3.05, 3.63) is 81.6 Å². The molecule has 8 nitrogen and oxygen atoms in total. The Balaban J connectivity index is 1.42. The molecule has 1 fully saturated rings. The molecule has 0 radical (unpaired) electrons. The molecule has 1 atom stereocenters. The largest absolute Gasteiger partial charge is 0.453 e. The number of aliphatic hydroxyl groups excluding tert-OH is 1. The maximum Gasteiger partial charge on any atom is 0.227 e. The number of carbonyl (C=O) groups excluding carboxylic acids is 1. The standard InChI is InChI=1S/C26H19Cl2N5O3/c27-19-6-4-14(8-22(19)36-25-15(11-29)2-1-3-20(25)28)16-9-24(35)33(12-16)17-5-7-21-18(10-17)26(30)32-23(13-34)31-21/h1-8,10,16,34H,9,12-13H2,(H2,30,31,32)/t16-/m0/s1. The van der Waals surface area contributed by atoms with Gasteiger partial charge in [-0.2, -0.15) is 5.26 Å². The molecule has 0 aliphatic carbocycles. The number of aliphatic hydroxyl groups is 1. The Labute approximate surface area is 216 Å². The third kappa shape index (κ3) is 4.40. The smallest absolute Gasteiger partial charge is 0.227 e. The number of fused-ring (bicyclic) bond motifs is 1. The molecule has 1 aliphatic rings. The second-order valence-corrected chi connectivity index (χ2v) is 9.12. The molecule has 0 unspecified atom stereocenters. The van der Waals surface area contributed by atoms with E-state index >= 15 is 0 Å². The van der Waals surface area contributed by atoms with Gasteiger partial charge in [0, 0.05) is 30.0 Å². The summed E-state index contributed by atoms with van der Waals surface area (Å²) in [7, 11) is 0. The van der Waals surface area contributed by atoms with Crippen LogP contribution in [0.3, 0.4) is 0 Å². The molecule has 3 N–H and O–H groups in total. The number of anilines is 2. The van der Waals surface area contributed by atoms with Gasteiger partial charge < -0.3 is 20.5 Å². The Kier molecular flexibility index (Phi) is 6.37. The quantitative estimate of drug-likeness (QED) is 0.371. The summed E-state index contributed by atoms with van der Waals surface area (Å²) in [5.41, 5.74) is 8.49. The highest BCUT2D eigenvalue weighted by Gasteiger charge is 2.32. The van der Waals surface area contributed by atoms with Crippen molar-refractivity contribution in [1.82, 2.24) is 9.97 Å². The van der Waals surface area contributed by atoms with E-state index in [0.29, 0.717) is 45.4 Å². The number of hydrogen-bond acceptors (Lipinski definition) is 7. The van der Waals surface area contributed by atoms with Crippen LogP contribution in [0, 0.1) is 11.3 Å². The number of nitrogens with zero attached hydrogens (tertiary/aromatic N) is 4. The number of nitrogens with two attached hydrogens (primary N) is 1. The zero-order valence-electron chi connectivity index (χ0n) is 18.8. The lowest BCUT2D eigenvalue weighted by molar-refractivity contribution is -0.117. The SMILES string of the molecule is N#Cc1cccc(Cl)c1Oc1cc([C@H]2CC(=O)N(c3ccc4nc(CO)nc(N)c4c3)C2)ccc1Cl. The van der Waals surface area contributed by atoms with Crippen LogP contribution in [0.2, 0.25) is 10.0 Å². The molecule has 1 saturated heterocycles. The first-order chi connectivity index (χ1) is 17.4. The third-order valence-corrected chi connectivity index (χ3v) is 6.67. The predicted molar refractivity (Wildman–Crippen MR) is 137 cm³/mol. The van der Waals surface area contributed by atoms with Crippen molar-refractivity contribution in [2.45, 2.75) is 18.9 Å². The van der Waals surface area contributed by atoms with Crippen molar-refractivity contribution in [2.24, 2.45) is 0 Å². The van der Waals surface area contributed by atoms with Crippen molar-refractivity contribution in [1.29, 1.82) is 5.26 Å². The van der Waals surface area contributed by atoms with Gasteiger partial charge in [0.05, 0.1) is 21.1 Å². The molecule has 0 bridgehead atoms. The molecular formula is C26H19Cl2N5O3. The predicted octanol–water partition coefficient (Wildman–Crippen LogP) is 5.20. The molecule has 1 aromatic heterocycles. The third-order valence-electron chi connectivity index (χ3n) is 6.06. The molecule has 36 heavy (non-hydrogen) atoms. The van der Waals surface area contributed by atoms with Crippen LogP contribution in [-0.4, -0.2) is 27.5 Å². The van der Waals surface area contributed by atoms with Crippen LogP contribution in [-0.2, 0) is 11.4 Å². The first kappa shape index (κ1) is 23.8. The minimum Gasteiger partial charge on any atom is -0.453 e. The monoisotopic (exact) mass is 519 g/mol. The van der Waals surface area contributed by atoms with Crippen molar-refractivity contribution >= 4 is 51.5 Å². The fourth-order valence-electron chi connectivity index (χ4n) is 4.27. The first-order valence-electron chi connectivity index (χ1n) is 11.0. The lowest BCUT2D eigenvalue weighted by Gasteiger charge is -2.18. The summed E-state index contributed by atoms with van der Waals surface area (Å²) in [5.74, 6) is 0.903. The van der Waals surface area contributed by atoms with Crippen molar-refractivity contribution in [3.8, 4) is 17.6 Å². The molecule has 10 heteroatoms. The number of hydrogen-bond donors (Lipinski definition) is 2. The second-order valence-electron chi connectivity index (χ2n) is 8.31. The molecule has 0 spiro atoms. The van der Waals surface area contributed by atoms with E-state index in [1.165, 1.54) is 0 Å². The Hall–Kier alpha value is -3.90. The van der Waals surface area contributed by atoms with Crippen molar-refractivity contribution in [3.63, 3.8) is 0 Å². The summed E-state index contributed by atoms with van der Waals surface area (Å²) in [6.45, 7) is 0.131. The maximum atomic E-state index is 13.0. The van der Waals surface area contributed by atoms with Crippen LogP contribution in [0.25, 0.3) is 10.9 Å². The molecule has 5 rings (SSSR count). The van der Waals surface area contributed by atoms with Gasteiger partial charge in [-0.1, -0.05) is 35.3 Å². The first-order valence-corrected chi connectivity index (χ1v) is 11.8. The van der Waals surface area contributed by atoms with E-state index in [1.807, 2.05) is 6.07 Å². The van der Waals surface area contributed by atoms with Gasteiger partial charge in [-0.3, -0.25) is 4.79 Å². The van der Waals surface area contributed by atoms with E-state index in [0.717, 1.165) is 5.56 Å². The Morgan fingerprint density at radius 3 is 2.75 bits per heavy atom. The number of ether oxygens (including phenoxy) is 1. The Morgan fingerprint density at radius 1 is 1.14 bits per heavy atom.